The number of nitrogens with zero attached hydrogens (tertiary/aromatic N) is 2. The summed E-state index contributed by atoms with van der Waals surface area (Å²) in [6, 6.07) is 14.5. The zero-order chi connectivity index (χ0) is 21.0. The molecular formula is C21H20N2O5S. The third kappa shape index (κ3) is 4.16. The number of Topliss-reactive ketones (excluding diaryl/α,β-unsaturated/α-hetero) is 1. The zero-order valence-electron chi connectivity index (χ0n) is 16.1. The third-order valence-electron chi connectivity index (χ3n) is 4.37. The van der Waals surface area contributed by atoms with Gasteiger partial charge in [-0.25, -0.2) is 12.4 Å². The van der Waals surface area contributed by atoms with Crippen molar-refractivity contribution in [3.63, 3.8) is 0 Å². The molecule has 1 heterocycles. The Balaban J connectivity index is 2.17. The second kappa shape index (κ2) is 8.47. The van der Waals surface area contributed by atoms with E-state index >= 15 is 0 Å². The van der Waals surface area contributed by atoms with Crippen molar-refractivity contribution >= 4 is 26.7 Å². The summed E-state index contributed by atoms with van der Waals surface area (Å²) < 4.78 is 38.2. The highest BCUT2D eigenvalue weighted by Crippen LogP contribution is 2.29. The second-order valence-electron chi connectivity index (χ2n) is 6.43. The number of aryl methyl sites for hydroxylation is 1. The third-order valence-corrected chi connectivity index (χ3v) is 6.11. The SMILES string of the molecule is COCCOc1ccc2c(c1)cc(C(=O)CC#N)n2S(=O)(=O)c1ccc(C)cc1. The van der Waals surface area contributed by atoms with Gasteiger partial charge in [0.2, 0.25) is 0 Å². The molecule has 0 aliphatic rings. The van der Waals surface area contributed by atoms with Gasteiger partial charge in [0.1, 0.15) is 24.5 Å². The van der Waals surface area contributed by atoms with Gasteiger partial charge in [0.25, 0.3) is 10.0 Å². The van der Waals surface area contributed by atoms with Crippen molar-refractivity contribution in [2.45, 2.75) is 18.2 Å². The number of fused-ring (bicyclic) bond motifs is 1. The first-order valence-corrected chi connectivity index (χ1v) is 10.3. The number of benzene rings is 2. The van der Waals surface area contributed by atoms with E-state index in [2.05, 4.69) is 0 Å². The monoisotopic (exact) mass is 412 g/mol. The van der Waals surface area contributed by atoms with Crippen LogP contribution in [-0.2, 0) is 14.8 Å². The van der Waals surface area contributed by atoms with Crippen LogP contribution < -0.4 is 4.74 Å². The van der Waals surface area contributed by atoms with Crippen LogP contribution in [0, 0.1) is 18.3 Å². The highest BCUT2D eigenvalue weighted by molar-refractivity contribution is 7.90. The van der Waals surface area contributed by atoms with E-state index in [1.54, 1.807) is 43.5 Å². The van der Waals surface area contributed by atoms with Crippen molar-refractivity contribution in [2.24, 2.45) is 0 Å². The van der Waals surface area contributed by atoms with Gasteiger partial charge in [-0.15, -0.1) is 0 Å². The van der Waals surface area contributed by atoms with Gasteiger partial charge in [0, 0.05) is 12.5 Å². The molecule has 0 saturated carbocycles. The van der Waals surface area contributed by atoms with Crippen molar-refractivity contribution in [1.82, 2.24) is 3.97 Å². The normalized spacial score (nSPS) is 11.3. The first-order chi connectivity index (χ1) is 13.9. The van der Waals surface area contributed by atoms with Crippen LogP contribution in [-0.4, -0.2) is 38.5 Å². The lowest BCUT2D eigenvalue weighted by molar-refractivity contribution is 0.0992. The number of carbonyl (C=O) groups excluding carboxylic acids is 1. The number of rotatable bonds is 8. The van der Waals surface area contributed by atoms with E-state index in [9.17, 15) is 13.2 Å². The number of nitriles is 1. The van der Waals surface area contributed by atoms with Crippen molar-refractivity contribution in [2.75, 3.05) is 20.3 Å². The van der Waals surface area contributed by atoms with E-state index < -0.39 is 22.2 Å². The van der Waals surface area contributed by atoms with Crippen LogP contribution in [0.2, 0.25) is 0 Å². The van der Waals surface area contributed by atoms with Gasteiger partial charge < -0.3 is 9.47 Å². The number of aromatic nitrogens is 1. The van der Waals surface area contributed by atoms with Crippen LogP contribution in [0.3, 0.4) is 0 Å². The first-order valence-electron chi connectivity index (χ1n) is 8.88. The van der Waals surface area contributed by atoms with Crippen LogP contribution in [0.15, 0.2) is 53.4 Å². The molecule has 3 rings (SSSR count). The van der Waals surface area contributed by atoms with Crippen LogP contribution >= 0.6 is 0 Å². The van der Waals surface area contributed by atoms with E-state index in [-0.39, 0.29) is 10.6 Å². The van der Waals surface area contributed by atoms with Gasteiger partial charge in [-0.05, 0) is 43.3 Å². The molecule has 0 aliphatic carbocycles. The first kappa shape index (κ1) is 20.6. The smallest absolute Gasteiger partial charge is 0.268 e. The van der Waals surface area contributed by atoms with Gasteiger partial charge in [-0.3, -0.25) is 4.79 Å². The minimum absolute atomic E-state index is 0.0591. The molecule has 1 aromatic heterocycles. The highest BCUT2D eigenvalue weighted by atomic mass is 32.2. The van der Waals surface area contributed by atoms with E-state index in [0.717, 1.165) is 9.54 Å². The largest absolute Gasteiger partial charge is 0.491 e. The Hall–Kier alpha value is -3.15. The Morgan fingerprint density at radius 3 is 2.48 bits per heavy atom. The molecule has 0 fully saturated rings. The van der Waals surface area contributed by atoms with Gasteiger partial charge >= 0.3 is 0 Å². The summed E-state index contributed by atoms with van der Waals surface area (Å²) in [5.74, 6) is -0.0417. The van der Waals surface area contributed by atoms with E-state index in [0.29, 0.717) is 29.9 Å². The van der Waals surface area contributed by atoms with E-state index in [1.165, 1.54) is 18.2 Å². The summed E-state index contributed by atoms with van der Waals surface area (Å²) >= 11 is 0. The summed E-state index contributed by atoms with van der Waals surface area (Å²) in [5.41, 5.74) is 1.20. The summed E-state index contributed by atoms with van der Waals surface area (Å²) in [4.78, 5) is 12.6. The van der Waals surface area contributed by atoms with Crippen LogP contribution in [0.1, 0.15) is 22.5 Å². The number of ether oxygens (including phenoxy) is 2. The molecular weight excluding hydrogens is 392 g/mol. The number of methoxy groups -OCH3 is 1. The Morgan fingerprint density at radius 2 is 1.83 bits per heavy atom. The fraction of sp³-hybridized carbons (Fsp3) is 0.238. The van der Waals surface area contributed by atoms with Crippen molar-refractivity contribution in [1.29, 1.82) is 5.26 Å². The van der Waals surface area contributed by atoms with Gasteiger partial charge in [0.15, 0.2) is 5.78 Å². The lowest BCUT2D eigenvalue weighted by Crippen LogP contribution is -2.18. The molecule has 0 aliphatic heterocycles. The number of hydrogen-bond acceptors (Lipinski definition) is 6. The molecule has 0 bridgehead atoms. The number of hydrogen-bond donors (Lipinski definition) is 0. The van der Waals surface area contributed by atoms with Crippen LogP contribution in [0.5, 0.6) is 5.75 Å². The minimum atomic E-state index is -4.04. The molecule has 3 aromatic rings. The zero-order valence-corrected chi connectivity index (χ0v) is 16.9. The molecule has 0 unspecified atom stereocenters. The molecule has 2 aromatic carbocycles. The fourth-order valence-corrected chi connectivity index (χ4v) is 4.46. The van der Waals surface area contributed by atoms with Gasteiger partial charge in [-0.1, -0.05) is 17.7 Å². The lowest BCUT2D eigenvalue weighted by atomic mass is 10.2. The van der Waals surface area contributed by atoms with Crippen LogP contribution in [0.4, 0.5) is 0 Å². The maximum Gasteiger partial charge on any atom is 0.268 e. The topological polar surface area (TPSA) is 98.4 Å². The summed E-state index contributed by atoms with van der Waals surface area (Å²) in [7, 11) is -2.48. The maximum atomic E-state index is 13.3. The highest BCUT2D eigenvalue weighted by Gasteiger charge is 2.26. The Kier molecular flexibility index (Phi) is 6.01. The number of ketones is 1. The minimum Gasteiger partial charge on any atom is -0.491 e. The molecule has 0 spiro atoms. The van der Waals surface area contributed by atoms with Crippen molar-refractivity contribution < 1.29 is 22.7 Å². The van der Waals surface area contributed by atoms with Crippen LogP contribution in [0.25, 0.3) is 10.9 Å². The predicted octanol–water partition coefficient (Wildman–Crippen LogP) is 3.31. The molecule has 0 saturated heterocycles. The Bertz CT molecular complexity index is 1190. The summed E-state index contributed by atoms with van der Waals surface area (Å²) in [6.07, 6.45) is -0.420. The van der Waals surface area contributed by atoms with Crippen molar-refractivity contribution in [3.8, 4) is 11.8 Å². The summed E-state index contributed by atoms with van der Waals surface area (Å²) in [6.45, 7) is 2.60. The molecule has 8 heteroatoms. The van der Waals surface area contributed by atoms with E-state index in [1.807, 2.05) is 6.92 Å². The predicted molar refractivity (Wildman–Crippen MR) is 108 cm³/mol. The lowest BCUT2D eigenvalue weighted by Gasteiger charge is -2.11. The molecule has 0 atom stereocenters. The van der Waals surface area contributed by atoms with Gasteiger partial charge in [0.05, 0.1) is 23.1 Å². The summed E-state index contributed by atoms with van der Waals surface area (Å²) in [5, 5.41) is 9.44. The number of carbonyl (C=O) groups is 1. The maximum absolute atomic E-state index is 13.3. The molecule has 0 amide bonds. The molecule has 7 nitrogen and oxygen atoms in total. The quantitative estimate of drug-likeness (QED) is 0.416. The standard InChI is InChI=1S/C21H20N2O5S/c1-15-3-6-18(7-4-15)29(25,26)23-19-8-5-17(28-12-11-27-2)13-16(19)14-20(23)21(24)9-10-22/h3-8,13-14H,9,11-12H2,1-2H3. The second-order valence-corrected chi connectivity index (χ2v) is 8.22. The Labute approximate surface area is 169 Å². The Morgan fingerprint density at radius 1 is 1.10 bits per heavy atom. The molecule has 150 valence electrons. The van der Waals surface area contributed by atoms with Gasteiger partial charge in [-0.2, -0.15) is 5.26 Å². The molecule has 0 N–H and O–H groups in total. The molecule has 0 radical (unpaired) electrons. The fourth-order valence-electron chi connectivity index (χ4n) is 2.93. The average molecular weight is 412 g/mol. The van der Waals surface area contributed by atoms with E-state index in [4.69, 9.17) is 14.7 Å². The molecule has 29 heavy (non-hydrogen) atoms. The van der Waals surface area contributed by atoms with Crippen molar-refractivity contribution in [3.05, 3.63) is 59.8 Å². The average Bonchev–Trinajstić information content (AvgIpc) is 3.08.